The zero-order valence-electron chi connectivity index (χ0n) is 11.6. The summed E-state index contributed by atoms with van der Waals surface area (Å²) in [4.78, 5) is 12.2. The lowest BCUT2D eigenvalue weighted by atomic mass is 9.84. The molecule has 0 heterocycles. The molecule has 0 amide bonds. The Kier molecular flexibility index (Phi) is 4.04. The van der Waals surface area contributed by atoms with Crippen molar-refractivity contribution in [2.24, 2.45) is 0 Å². The lowest BCUT2D eigenvalue weighted by Gasteiger charge is -2.38. The van der Waals surface area contributed by atoms with E-state index in [1.165, 1.54) is 19.2 Å². The van der Waals surface area contributed by atoms with Gasteiger partial charge in [-0.15, -0.1) is 0 Å². The average Bonchev–Trinajstić information content (AvgIpc) is 2.37. The normalized spacial score (nSPS) is 17.1. The van der Waals surface area contributed by atoms with Crippen molar-refractivity contribution < 1.29 is 22.7 Å². The summed E-state index contributed by atoms with van der Waals surface area (Å²) in [6.45, 7) is 1.84. The minimum atomic E-state index is -3.77. The van der Waals surface area contributed by atoms with Gasteiger partial charge in [0.05, 0.1) is 18.6 Å². The summed E-state index contributed by atoms with van der Waals surface area (Å²) < 4.78 is 34.1. The second kappa shape index (κ2) is 5.44. The van der Waals surface area contributed by atoms with E-state index in [1.807, 2.05) is 0 Å². The fraction of sp³-hybridized carbons (Fsp3) is 0.500. The number of rotatable bonds is 5. The fourth-order valence-electron chi connectivity index (χ4n) is 2.34. The van der Waals surface area contributed by atoms with E-state index in [1.54, 1.807) is 19.1 Å². The van der Waals surface area contributed by atoms with Crippen LogP contribution in [0.5, 0.6) is 5.75 Å². The first-order valence-corrected chi connectivity index (χ1v) is 8.02. The van der Waals surface area contributed by atoms with Crippen LogP contribution in [0.4, 0.5) is 0 Å². The van der Waals surface area contributed by atoms with Crippen molar-refractivity contribution in [2.75, 3.05) is 13.7 Å². The number of ether oxygens (including phenoxy) is 2. The minimum Gasteiger partial charge on any atom is -0.497 e. The lowest BCUT2D eigenvalue weighted by Crippen LogP contribution is -2.52. The third-order valence-corrected chi connectivity index (χ3v) is 6.15. The molecule has 5 nitrogen and oxygen atoms in total. The van der Waals surface area contributed by atoms with E-state index in [-0.39, 0.29) is 11.5 Å². The maximum absolute atomic E-state index is 12.8. The maximum atomic E-state index is 12.8. The first kappa shape index (κ1) is 14.8. The third-order valence-electron chi connectivity index (χ3n) is 3.67. The molecular formula is C14H18O5S. The topological polar surface area (TPSA) is 69.7 Å². The van der Waals surface area contributed by atoms with Crippen molar-refractivity contribution in [1.82, 2.24) is 0 Å². The molecule has 0 aliphatic heterocycles. The molecule has 1 aromatic carbocycles. The lowest BCUT2D eigenvalue weighted by molar-refractivity contribution is -0.148. The SMILES string of the molecule is CCOC(=O)C1(S(=O)(=O)c2cccc(OC)c2)CCC1. The molecule has 1 aliphatic carbocycles. The standard InChI is InChI=1S/C14H18O5S/c1-3-19-13(15)14(8-5-9-14)20(16,17)12-7-4-6-11(10-12)18-2/h4,6-7,10H,3,5,8-9H2,1-2H3. The zero-order chi connectivity index (χ0) is 14.8. The highest BCUT2D eigenvalue weighted by Gasteiger charge is 2.57. The van der Waals surface area contributed by atoms with Crippen molar-refractivity contribution in [2.45, 2.75) is 35.8 Å². The van der Waals surface area contributed by atoms with Crippen molar-refractivity contribution >= 4 is 15.8 Å². The molecule has 110 valence electrons. The van der Waals surface area contributed by atoms with E-state index < -0.39 is 20.6 Å². The number of methoxy groups -OCH3 is 1. The van der Waals surface area contributed by atoms with E-state index in [0.29, 0.717) is 25.0 Å². The molecule has 0 radical (unpaired) electrons. The Morgan fingerprint density at radius 3 is 2.55 bits per heavy atom. The summed E-state index contributed by atoms with van der Waals surface area (Å²) in [7, 11) is -2.30. The number of carbonyl (C=O) groups is 1. The monoisotopic (exact) mass is 298 g/mol. The Morgan fingerprint density at radius 2 is 2.05 bits per heavy atom. The molecule has 0 atom stereocenters. The van der Waals surface area contributed by atoms with E-state index in [9.17, 15) is 13.2 Å². The quantitative estimate of drug-likeness (QED) is 0.777. The Balaban J connectivity index is 2.44. The summed E-state index contributed by atoms with van der Waals surface area (Å²) in [6.07, 6.45) is 1.33. The molecule has 1 aliphatic rings. The number of hydrogen-bond donors (Lipinski definition) is 0. The van der Waals surface area contributed by atoms with Gasteiger partial charge in [0.25, 0.3) is 0 Å². The molecule has 6 heteroatoms. The fourth-order valence-corrected chi connectivity index (χ4v) is 4.42. The van der Waals surface area contributed by atoms with Gasteiger partial charge in [-0.2, -0.15) is 0 Å². The van der Waals surface area contributed by atoms with Crippen LogP contribution in [-0.4, -0.2) is 32.9 Å². The largest absolute Gasteiger partial charge is 0.497 e. The molecule has 2 rings (SSSR count). The number of esters is 1. The second-order valence-electron chi connectivity index (χ2n) is 4.75. The Hall–Kier alpha value is -1.56. The molecule has 0 N–H and O–H groups in total. The zero-order valence-corrected chi connectivity index (χ0v) is 12.4. The van der Waals surface area contributed by atoms with Crippen LogP contribution in [0.25, 0.3) is 0 Å². The highest BCUT2D eigenvalue weighted by molar-refractivity contribution is 7.93. The molecule has 1 aromatic rings. The van der Waals surface area contributed by atoms with E-state index in [4.69, 9.17) is 9.47 Å². The Morgan fingerprint density at radius 1 is 1.35 bits per heavy atom. The van der Waals surface area contributed by atoms with Gasteiger partial charge in [0.2, 0.25) is 0 Å². The predicted molar refractivity (Wildman–Crippen MR) is 73.4 cm³/mol. The van der Waals surface area contributed by atoms with Crippen LogP contribution in [0.15, 0.2) is 29.2 Å². The van der Waals surface area contributed by atoms with Crippen LogP contribution >= 0.6 is 0 Å². The number of carbonyl (C=O) groups excluding carboxylic acids is 1. The average molecular weight is 298 g/mol. The van der Waals surface area contributed by atoms with Gasteiger partial charge < -0.3 is 9.47 Å². The number of sulfone groups is 1. The van der Waals surface area contributed by atoms with Gasteiger partial charge in [0, 0.05) is 0 Å². The van der Waals surface area contributed by atoms with Crippen LogP contribution < -0.4 is 4.74 Å². The first-order valence-electron chi connectivity index (χ1n) is 6.54. The highest BCUT2D eigenvalue weighted by atomic mass is 32.2. The van der Waals surface area contributed by atoms with Crippen molar-refractivity contribution in [3.8, 4) is 5.75 Å². The summed E-state index contributed by atoms with van der Waals surface area (Å²) in [5.41, 5.74) is 0. The molecule has 0 saturated heterocycles. The second-order valence-corrected chi connectivity index (χ2v) is 7.01. The summed E-state index contributed by atoms with van der Waals surface area (Å²) in [6, 6.07) is 6.19. The van der Waals surface area contributed by atoms with Crippen LogP contribution in [0.3, 0.4) is 0 Å². The molecule has 1 fully saturated rings. The number of benzene rings is 1. The van der Waals surface area contributed by atoms with Crippen LogP contribution in [0, 0.1) is 0 Å². The highest BCUT2D eigenvalue weighted by Crippen LogP contribution is 2.44. The predicted octanol–water partition coefficient (Wildman–Crippen LogP) is 1.95. The minimum absolute atomic E-state index is 0.101. The van der Waals surface area contributed by atoms with Gasteiger partial charge in [0.1, 0.15) is 5.75 Å². The summed E-state index contributed by atoms with van der Waals surface area (Å²) in [5.74, 6) is -0.196. The molecule has 0 spiro atoms. The smallest absolute Gasteiger partial charge is 0.327 e. The molecule has 0 unspecified atom stereocenters. The Labute approximate surface area is 118 Å². The molecular weight excluding hydrogens is 280 g/mol. The van der Waals surface area contributed by atoms with Gasteiger partial charge >= 0.3 is 5.97 Å². The van der Waals surface area contributed by atoms with Gasteiger partial charge in [-0.05, 0) is 44.4 Å². The van der Waals surface area contributed by atoms with Gasteiger partial charge in [-0.3, -0.25) is 4.79 Å². The van der Waals surface area contributed by atoms with Gasteiger partial charge in [-0.25, -0.2) is 8.42 Å². The van der Waals surface area contributed by atoms with Crippen LogP contribution in [0.2, 0.25) is 0 Å². The van der Waals surface area contributed by atoms with E-state index >= 15 is 0 Å². The van der Waals surface area contributed by atoms with Crippen molar-refractivity contribution in [3.05, 3.63) is 24.3 Å². The Bertz CT molecular complexity index is 602. The van der Waals surface area contributed by atoms with Gasteiger partial charge in [-0.1, -0.05) is 6.07 Å². The van der Waals surface area contributed by atoms with Crippen LogP contribution in [-0.2, 0) is 19.4 Å². The molecule has 20 heavy (non-hydrogen) atoms. The molecule has 0 aromatic heterocycles. The van der Waals surface area contributed by atoms with Gasteiger partial charge in [0.15, 0.2) is 14.6 Å². The summed E-state index contributed by atoms with van der Waals surface area (Å²) in [5, 5.41) is 0. The van der Waals surface area contributed by atoms with E-state index in [0.717, 1.165) is 0 Å². The number of hydrogen-bond acceptors (Lipinski definition) is 5. The van der Waals surface area contributed by atoms with Crippen molar-refractivity contribution in [1.29, 1.82) is 0 Å². The molecule has 0 bridgehead atoms. The van der Waals surface area contributed by atoms with Crippen LogP contribution in [0.1, 0.15) is 26.2 Å². The van der Waals surface area contributed by atoms with E-state index in [2.05, 4.69) is 0 Å². The molecule has 1 saturated carbocycles. The van der Waals surface area contributed by atoms with Crippen molar-refractivity contribution in [3.63, 3.8) is 0 Å². The first-order chi connectivity index (χ1) is 9.48. The maximum Gasteiger partial charge on any atom is 0.327 e. The third kappa shape index (κ3) is 2.18. The summed E-state index contributed by atoms with van der Waals surface area (Å²) >= 11 is 0.